The molecule has 0 saturated carbocycles. The second kappa shape index (κ2) is 5.13. The number of aromatic hydroxyl groups is 1. The van der Waals surface area contributed by atoms with Gasteiger partial charge in [-0.15, -0.1) is 0 Å². The molecule has 1 N–H and O–H groups in total. The smallest absolute Gasteiger partial charge is 0.274 e. The molecule has 1 aliphatic heterocycles. The zero-order valence-electron chi connectivity index (χ0n) is 11.5. The molecule has 6 heteroatoms. The van der Waals surface area contributed by atoms with E-state index in [2.05, 4.69) is 16.8 Å². The van der Waals surface area contributed by atoms with E-state index in [4.69, 9.17) is 0 Å². The van der Waals surface area contributed by atoms with Gasteiger partial charge in [0.05, 0.1) is 0 Å². The van der Waals surface area contributed by atoms with Crippen molar-refractivity contribution in [3.8, 4) is 5.75 Å². The van der Waals surface area contributed by atoms with E-state index in [9.17, 15) is 9.90 Å². The minimum atomic E-state index is -0.0659. The van der Waals surface area contributed by atoms with Crippen LogP contribution < -0.4 is 0 Å². The van der Waals surface area contributed by atoms with Crippen molar-refractivity contribution in [1.29, 1.82) is 0 Å². The Morgan fingerprint density at radius 2 is 2.10 bits per heavy atom. The molecule has 1 saturated heterocycles. The van der Waals surface area contributed by atoms with E-state index in [0.29, 0.717) is 11.3 Å². The summed E-state index contributed by atoms with van der Waals surface area (Å²) in [5.41, 5.74) is 0.805. The number of hydrogen-bond acceptors (Lipinski definition) is 4. The molecule has 0 atom stereocenters. The lowest BCUT2D eigenvalue weighted by atomic mass is 10.3. The highest BCUT2D eigenvalue weighted by atomic mass is 16.3. The fourth-order valence-corrected chi connectivity index (χ4v) is 2.53. The highest BCUT2D eigenvalue weighted by Gasteiger charge is 2.23. The van der Waals surface area contributed by atoms with Crippen LogP contribution in [0.5, 0.6) is 5.75 Å². The van der Waals surface area contributed by atoms with Gasteiger partial charge in [-0.3, -0.25) is 4.79 Å². The first-order valence-corrected chi connectivity index (χ1v) is 6.87. The summed E-state index contributed by atoms with van der Waals surface area (Å²) in [5.74, 6) is 0.0196. The molecule has 0 unspecified atom stereocenters. The van der Waals surface area contributed by atoms with Gasteiger partial charge in [-0.2, -0.15) is 0 Å². The molecule has 6 nitrogen and oxygen atoms in total. The number of rotatable bonds is 2. The summed E-state index contributed by atoms with van der Waals surface area (Å²) in [4.78, 5) is 20.8. The van der Waals surface area contributed by atoms with Crippen molar-refractivity contribution in [3.05, 3.63) is 30.2 Å². The molecule has 1 fully saturated rings. The Bertz CT molecular complexity index is 629. The molecule has 0 bridgehead atoms. The van der Waals surface area contributed by atoms with Crippen molar-refractivity contribution in [3.63, 3.8) is 0 Å². The van der Waals surface area contributed by atoms with Crippen LogP contribution in [0.3, 0.4) is 0 Å². The Labute approximate surface area is 117 Å². The topological polar surface area (TPSA) is 61.1 Å². The highest BCUT2D eigenvalue weighted by molar-refractivity contribution is 5.93. The Hall–Kier alpha value is -2.08. The van der Waals surface area contributed by atoms with Gasteiger partial charge < -0.3 is 19.3 Å². The number of carbonyl (C=O) groups excluding carboxylic acids is 1. The number of carbonyl (C=O) groups is 1. The van der Waals surface area contributed by atoms with Crippen molar-refractivity contribution < 1.29 is 9.90 Å². The van der Waals surface area contributed by atoms with Crippen molar-refractivity contribution in [2.24, 2.45) is 0 Å². The van der Waals surface area contributed by atoms with Gasteiger partial charge in [0.25, 0.3) is 5.91 Å². The first kappa shape index (κ1) is 12.9. The Morgan fingerprint density at radius 3 is 2.75 bits per heavy atom. The third-order valence-electron chi connectivity index (χ3n) is 3.79. The first-order chi connectivity index (χ1) is 9.69. The molecular formula is C14H18N4O2. The second-order valence-corrected chi connectivity index (χ2v) is 4.98. The first-order valence-electron chi connectivity index (χ1n) is 6.87. The van der Waals surface area contributed by atoms with Crippen molar-refractivity contribution in [2.75, 3.05) is 32.7 Å². The average Bonchev–Trinajstić information content (AvgIpc) is 2.92. The quantitative estimate of drug-likeness (QED) is 0.880. The molecule has 3 heterocycles. The summed E-state index contributed by atoms with van der Waals surface area (Å²) in [5, 5.41) is 9.73. The molecule has 2 aromatic rings. The molecule has 0 aliphatic carbocycles. The zero-order chi connectivity index (χ0) is 14.1. The second-order valence-electron chi connectivity index (χ2n) is 4.98. The number of fused-ring (bicyclic) bond motifs is 1. The van der Waals surface area contributed by atoms with Gasteiger partial charge in [0.1, 0.15) is 5.69 Å². The average molecular weight is 274 g/mol. The Morgan fingerprint density at radius 1 is 1.35 bits per heavy atom. The van der Waals surface area contributed by atoms with Crippen LogP contribution >= 0.6 is 0 Å². The van der Waals surface area contributed by atoms with Gasteiger partial charge in [-0.1, -0.05) is 6.92 Å². The van der Waals surface area contributed by atoms with E-state index in [-0.39, 0.29) is 11.7 Å². The molecule has 1 aliphatic rings. The maximum atomic E-state index is 12.4. The predicted molar refractivity (Wildman–Crippen MR) is 74.9 cm³/mol. The van der Waals surface area contributed by atoms with E-state index in [1.54, 1.807) is 28.9 Å². The summed E-state index contributed by atoms with van der Waals surface area (Å²) in [6, 6.07) is 3.29. The number of piperazine rings is 1. The number of aromatic nitrogens is 2. The number of amides is 1. The van der Waals surface area contributed by atoms with E-state index < -0.39 is 0 Å². The maximum Gasteiger partial charge on any atom is 0.274 e. The molecule has 0 radical (unpaired) electrons. The number of pyridine rings is 1. The lowest BCUT2D eigenvalue weighted by molar-refractivity contribution is 0.0638. The zero-order valence-corrected chi connectivity index (χ0v) is 11.5. The van der Waals surface area contributed by atoms with Crippen LogP contribution in [0.4, 0.5) is 0 Å². The fraction of sp³-hybridized carbons (Fsp3) is 0.429. The SMILES string of the molecule is CCN1CCN(C(=O)c2cn3cccc(O)c3n2)CC1. The normalized spacial score (nSPS) is 16.8. The maximum absolute atomic E-state index is 12.4. The van der Waals surface area contributed by atoms with Gasteiger partial charge in [0, 0.05) is 38.6 Å². The molecule has 106 valence electrons. The van der Waals surface area contributed by atoms with Crippen LogP contribution in [0.15, 0.2) is 24.5 Å². The van der Waals surface area contributed by atoms with E-state index in [0.717, 1.165) is 32.7 Å². The van der Waals surface area contributed by atoms with Gasteiger partial charge in [0.15, 0.2) is 11.4 Å². The van der Waals surface area contributed by atoms with Gasteiger partial charge in [-0.05, 0) is 18.7 Å². The number of likely N-dealkylation sites (N-methyl/N-ethyl adjacent to an activating group) is 1. The third-order valence-corrected chi connectivity index (χ3v) is 3.79. The van der Waals surface area contributed by atoms with Crippen LogP contribution in [-0.2, 0) is 0 Å². The standard InChI is InChI=1S/C14H18N4O2/c1-2-16-6-8-17(9-7-16)14(20)11-10-18-5-3-4-12(19)13(18)15-11/h3-5,10,19H,2,6-9H2,1H3. The number of hydrogen-bond donors (Lipinski definition) is 1. The van der Waals surface area contributed by atoms with Crippen LogP contribution in [0.25, 0.3) is 5.65 Å². The lowest BCUT2D eigenvalue weighted by Gasteiger charge is -2.33. The van der Waals surface area contributed by atoms with Crippen molar-refractivity contribution in [1.82, 2.24) is 19.2 Å². The van der Waals surface area contributed by atoms with E-state index >= 15 is 0 Å². The van der Waals surface area contributed by atoms with Crippen LogP contribution in [-0.4, -0.2) is 62.9 Å². The van der Waals surface area contributed by atoms with E-state index in [1.165, 1.54) is 0 Å². The van der Waals surface area contributed by atoms with Crippen molar-refractivity contribution >= 4 is 11.6 Å². The predicted octanol–water partition coefficient (Wildman–Crippen LogP) is 0.818. The Balaban J connectivity index is 1.81. The molecule has 0 aromatic carbocycles. The minimum Gasteiger partial charge on any atom is -0.504 e. The van der Waals surface area contributed by atoms with Gasteiger partial charge in [0.2, 0.25) is 0 Å². The molecular weight excluding hydrogens is 256 g/mol. The molecule has 2 aromatic heterocycles. The summed E-state index contributed by atoms with van der Waals surface area (Å²) >= 11 is 0. The Kier molecular flexibility index (Phi) is 3.31. The highest BCUT2D eigenvalue weighted by Crippen LogP contribution is 2.18. The monoisotopic (exact) mass is 274 g/mol. The molecule has 3 rings (SSSR count). The largest absolute Gasteiger partial charge is 0.504 e. The summed E-state index contributed by atoms with van der Waals surface area (Å²) in [6.45, 7) is 6.41. The number of nitrogens with zero attached hydrogens (tertiary/aromatic N) is 4. The number of imidazole rings is 1. The molecule has 0 spiro atoms. The third kappa shape index (κ3) is 2.22. The minimum absolute atomic E-state index is 0.0659. The molecule has 1 amide bonds. The van der Waals surface area contributed by atoms with Crippen LogP contribution in [0.1, 0.15) is 17.4 Å². The summed E-state index contributed by atoms with van der Waals surface area (Å²) < 4.78 is 1.67. The van der Waals surface area contributed by atoms with Crippen molar-refractivity contribution in [2.45, 2.75) is 6.92 Å². The molecule has 20 heavy (non-hydrogen) atoms. The fourth-order valence-electron chi connectivity index (χ4n) is 2.53. The lowest BCUT2D eigenvalue weighted by Crippen LogP contribution is -2.48. The summed E-state index contributed by atoms with van der Waals surface area (Å²) in [6.07, 6.45) is 3.44. The van der Waals surface area contributed by atoms with Crippen LogP contribution in [0, 0.1) is 0 Å². The van der Waals surface area contributed by atoms with Gasteiger partial charge >= 0.3 is 0 Å². The van der Waals surface area contributed by atoms with Crippen LogP contribution in [0.2, 0.25) is 0 Å². The van der Waals surface area contributed by atoms with E-state index in [1.807, 2.05) is 4.90 Å². The summed E-state index contributed by atoms with van der Waals surface area (Å²) in [7, 11) is 0. The van der Waals surface area contributed by atoms with Gasteiger partial charge in [-0.25, -0.2) is 4.98 Å².